The van der Waals surface area contributed by atoms with Crippen LogP contribution >= 0.6 is 0 Å². The van der Waals surface area contributed by atoms with Gasteiger partial charge in [0.05, 0.1) is 12.2 Å². The molecule has 2 aromatic rings. The van der Waals surface area contributed by atoms with Crippen molar-refractivity contribution in [3.63, 3.8) is 0 Å². The number of nitrogens with zero attached hydrogens (tertiary/aromatic N) is 3. The van der Waals surface area contributed by atoms with Crippen LogP contribution in [0.25, 0.3) is 0 Å². The molecule has 0 aliphatic rings. The number of rotatable bonds is 24. The van der Waals surface area contributed by atoms with E-state index in [2.05, 4.69) is 22.4 Å². The number of aromatic nitrogens is 2. The molecule has 0 unspecified atom stereocenters. The lowest BCUT2D eigenvalue weighted by molar-refractivity contribution is -0.128. The van der Waals surface area contributed by atoms with Gasteiger partial charge in [-0.1, -0.05) is 103 Å². The molecule has 0 radical (unpaired) electrons. The molecule has 2 heterocycles. The fourth-order valence-corrected chi connectivity index (χ4v) is 4.66. The number of pyridine rings is 1. The van der Waals surface area contributed by atoms with Crippen LogP contribution in [0.1, 0.15) is 116 Å². The van der Waals surface area contributed by atoms with Crippen molar-refractivity contribution in [2.24, 2.45) is 0 Å². The molecule has 0 fully saturated rings. The lowest BCUT2D eigenvalue weighted by Crippen LogP contribution is -2.39. The number of hydrogen-bond acceptors (Lipinski definition) is 9. The van der Waals surface area contributed by atoms with E-state index in [0.717, 1.165) is 24.2 Å². The third-order valence-electron chi connectivity index (χ3n) is 7.19. The molecule has 0 saturated carbocycles. The SMILES string of the molecule is CCCCCCCCCCCCCCCCCNC(=O)OC[C@H](COC(=O)N(Cc1ccccn1)C(C)=O)Oc1ccon1. The van der Waals surface area contributed by atoms with E-state index in [1.54, 1.807) is 24.4 Å². The van der Waals surface area contributed by atoms with E-state index in [9.17, 15) is 14.4 Å². The molecule has 44 heavy (non-hydrogen) atoms. The number of hydrogen-bond donors (Lipinski definition) is 1. The first-order valence-corrected chi connectivity index (χ1v) is 16.3. The lowest BCUT2D eigenvalue weighted by atomic mass is 10.0. The molecular weight excluding hydrogens is 564 g/mol. The number of carbonyl (C=O) groups excluding carboxylic acids is 3. The van der Waals surface area contributed by atoms with Gasteiger partial charge < -0.3 is 24.1 Å². The molecule has 2 rings (SSSR count). The number of nitrogens with one attached hydrogen (secondary N) is 1. The van der Waals surface area contributed by atoms with Gasteiger partial charge in [0.2, 0.25) is 5.91 Å². The summed E-state index contributed by atoms with van der Waals surface area (Å²) in [6.45, 7) is 3.51. The Morgan fingerprint density at radius 2 is 1.45 bits per heavy atom. The van der Waals surface area contributed by atoms with Gasteiger partial charge in [0.15, 0.2) is 6.10 Å². The maximum atomic E-state index is 12.7. The standard InChI is InChI=1S/C33H52N4O7/c1-3-4-5-6-7-8-9-10-11-12-13-14-15-16-18-23-35-32(39)41-26-30(44-31-21-24-43-36-31)27-42-33(40)37(28(2)38)25-29-20-17-19-22-34-29/h17,19-22,24,30H,3-16,18,23,25-27H2,1-2H3,(H,35,39)/t30-/m1/s1. The van der Waals surface area contributed by atoms with Gasteiger partial charge in [-0.05, 0) is 23.7 Å². The van der Waals surface area contributed by atoms with Gasteiger partial charge >= 0.3 is 12.2 Å². The van der Waals surface area contributed by atoms with Crippen molar-refractivity contribution in [1.29, 1.82) is 0 Å². The van der Waals surface area contributed by atoms with Crippen LogP contribution in [0.5, 0.6) is 5.88 Å². The summed E-state index contributed by atoms with van der Waals surface area (Å²) in [5.41, 5.74) is 0.532. The van der Waals surface area contributed by atoms with E-state index in [1.165, 1.54) is 96.3 Å². The van der Waals surface area contributed by atoms with Crippen molar-refractivity contribution >= 4 is 18.1 Å². The highest BCUT2D eigenvalue weighted by Gasteiger charge is 2.24. The molecule has 3 amide bonds. The van der Waals surface area contributed by atoms with E-state index in [0.29, 0.717) is 12.2 Å². The van der Waals surface area contributed by atoms with Gasteiger partial charge in [-0.25, -0.2) is 14.5 Å². The monoisotopic (exact) mass is 616 g/mol. The zero-order chi connectivity index (χ0) is 31.7. The molecule has 1 N–H and O–H groups in total. The second-order valence-corrected chi connectivity index (χ2v) is 11.1. The van der Waals surface area contributed by atoms with Gasteiger partial charge in [-0.15, -0.1) is 0 Å². The van der Waals surface area contributed by atoms with Crippen molar-refractivity contribution < 1.29 is 33.1 Å². The zero-order valence-electron chi connectivity index (χ0n) is 26.7. The smallest absolute Gasteiger partial charge is 0.417 e. The quantitative estimate of drug-likeness (QED) is 0.118. The van der Waals surface area contributed by atoms with Gasteiger partial charge in [-0.3, -0.25) is 9.78 Å². The molecular formula is C33H52N4O7. The highest BCUT2D eigenvalue weighted by atomic mass is 16.6. The molecule has 246 valence electrons. The van der Waals surface area contributed by atoms with Crippen molar-refractivity contribution in [2.75, 3.05) is 19.8 Å². The highest BCUT2D eigenvalue weighted by molar-refractivity contribution is 5.90. The molecule has 0 aliphatic heterocycles. The third kappa shape index (κ3) is 17.5. The van der Waals surface area contributed by atoms with Crippen LogP contribution in [0, 0.1) is 0 Å². The molecule has 11 nitrogen and oxygen atoms in total. The number of alkyl carbamates (subject to hydrolysis) is 1. The average Bonchev–Trinajstić information content (AvgIpc) is 3.54. The van der Waals surface area contributed by atoms with E-state index in [4.69, 9.17) is 18.7 Å². The molecule has 1 atom stereocenters. The maximum absolute atomic E-state index is 12.7. The number of imide groups is 1. The number of amides is 3. The van der Waals surface area contributed by atoms with Crippen molar-refractivity contribution in [1.82, 2.24) is 20.4 Å². The second-order valence-electron chi connectivity index (χ2n) is 11.1. The topological polar surface area (TPSA) is 133 Å². The van der Waals surface area contributed by atoms with Crippen LogP contribution < -0.4 is 10.1 Å². The summed E-state index contributed by atoms with van der Waals surface area (Å²) in [4.78, 5) is 42.0. The molecule has 0 bridgehead atoms. The van der Waals surface area contributed by atoms with E-state index >= 15 is 0 Å². The first-order chi connectivity index (χ1) is 21.5. The summed E-state index contributed by atoms with van der Waals surface area (Å²) in [6.07, 6.45) is 19.8. The van der Waals surface area contributed by atoms with E-state index in [-0.39, 0.29) is 25.6 Å². The van der Waals surface area contributed by atoms with Crippen LogP contribution in [0.15, 0.2) is 41.2 Å². The Morgan fingerprint density at radius 3 is 2.00 bits per heavy atom. The van der Waals surface area contributed by atoms with Gasteiger partial charge in [-0.2, -0.15) is 0 Å². The summed E-state index contributed by atoms with van der Waals surface area (Å²) in [5, 5.41) is 6.44. The van der Waals surface area contributed by atoms with Crippen LogP contribution in [0.4, 0.5) is 9.59 Å². The van der Waals surface area contributed by atoms with Crippen LogP contribution in [0.2, 0.25) is 0 Å². The van der Waals surface area contributed by atoms with E-state index < -0.39 is 24.2 Å². The summed E-state index contributed by atoms with van der Waals surface area (Å²) in [5.74, 6) is -0.353. The minimum Gasteiger partial charge on any atom is -0.465 e. The third-order valence-corrected chi connectivity index (χ3v) is 7.19. The number of carbonyl (C=O) groups is 3. The van der Waals surface area contributed by atoms with Crippen molar-refractivity contribution in [2.45, 2.75) is 123 Å². The molecule has 11 heteroatoms. The Balaban J connectivity index is 1.58. The Bertz CT molecular complexity index is 1020. The predicted octanol–water partition coefficient (Wildman–Crippen LogP) is 7.60. The fraction of sp³-hybridized carbons (Fsp3) is 0.667. The van der Waals surface area contributed by atoms with Crippen LogP contribution in [-0.4, -0.2) is 59.0 Å². The molecule has 0 saturated heterocycles. The number of unbranched alkanes of at least 4 members (excludes halogenated alkanes) is 14. The van der Waals surface area contributed by atoms with Gasteiger partial charge in [0.25, 0.3) is 5.88 Å². The Morgan fingerprint density at radius 1 is 0.841 bits per heavy atom. The minimum atomic E-state index is -0.871. The summed E-state index contributed by atoms with van der Waals surface area (Å²) in [6, 6.07) is 6.68. The summed E-state index contributed by atoms with van der Waals surface area (Å²) >= 11 is 0. The Hall–Kier alpha value is -3.63. The Labute approximate surface area is 262 Å². The van der Waals surface area contributed by atoms with Crippen molar-refractivity contribution in [3.8, 4) is 5.88 Å². The average molecular weight is 617 g/mol. The lowest BCUT2D eigenvalue weighted by Gasteiger charge is -2.21. The zero-order valence-corrected chi connectivity index (χ0v) is 26.7. The largest absolute Gasteiger partial charge is 0.465 e. The summed E-state index contributed by atoms with van der Waals surface area (Å²) in [7, 11) is 0. The van der Waals surface area contributed by atoms with Gasteiger partial charge in [0, 0.05) is 25.7 Å². The van der Waals surface area contributed by atoms with E-state index in [1.807, 2.05) is 0 Å². The molecule has 0 aromatic carbocycles. The minimum absolute atomic E-state index is 0.0397. The van der Waals surface area contributed by atoms with Crippen LogP contribution in [0.3, 0.4) is 0 Å². The second kappa shape index (κ2) is 23.8. The van der Waals surface area contributed by atoms with Gasteiger partial charge in [0.1, 0.15) is 19.5 Å². The first kappa shape index (κ1) is 36.6. The Kier molecular flexibility index (Phi) is 19.8. The normalized spacial score (nSPS) is 11.5. The molecule has 0 aliphatic carbocycles. The summed E-state index contributed by atoms with van der Waals surface area (Å²) < 4.78 is 21.0. The fourth-order valence-electron chi connectivity index (χ4n) is 4.66. The molecule has 2 aromatic heterocycles. The first-order valence-electron chi connectivity index (χ1n) is 16.3. The number of ether oxygens (including phenoxy) is 3. The predicted molar refractivity (Wildman–Crippen MR) is 167 cm³/mol. The highest BCUT2D eigenvalue weighted by Crippen LogP contribution is 2.14. The van der Waals surface area contributed by atoms with Crippen LogP contribution in [-0.2, 0) is 20.8 Å². The van der Waals surface area contributed by atoms with Crippen molar-refractivity contribution in [3.05, 3.63) is 42.4 Å². The molecule has 0 spiro atoms. The maximum Gasteiger partial charge on any atom is 0.417 e.